The lowest BCUT2D eigenvalue weighted by atomic mass is 10.2. The Labute approximate surface area is 116 Å². The normalized spacial score (nSPS) is 9.85. The number of phenols is 1. The molecule has 0 radical (unpaired) electrons. The number of anilines is 2. The molecule has 0 bridgehead atoms. The zero-order valence-electron chi connectivity index (χ0n) is 10.9. The van der Waals surface area contributed by atoms with Crippen molar-refractivity contribution >= 4 is 23.2 Å². The molecule has 3 N–H and O–H groups in total. The summed E-state index contributed by atoms with van der Waals surface area (Å²) in [6, 6.07) is 13.4. The van der Waals surface area contributed by atoms with Crippen LogP contribution in [-0.4, -0.2) is 16.9 Å². The quantitative estimate of drug-likeness (QED) is 0.578. The van der Waals surface area contributed by atoms with Crippen molar-refractivity contribution in [2.24, 2.45) is 0 Å². The van der Waals surface area contributed by atoms with Crippen LogP contribution in [0, 0.1) is 6.92 Å². The van der Waals surface area contributed by atoms with Crippen molar-refractivity contribution in [2.45, 2.75) is 6.92 Å². The minimum absolute atomic E-state index is 0.0930. The van der Waals surface area contributed by atoms with Crippen LogP contribution in [0.25, 0.3) is 0 Å². The summed E-state index contributed by atoms with van der Waals surface area (Å²) in [5.74, 6) is -1.72. The van der Waals surface area contributed by atoms with Crippen LogP contribution in [0.2, 0.25) is 0 Å². The van der Waals surface area contributed by atoms with Crippen LogP contribution < -0.4 is 10.6 Å². The van der Waals surface area contributed by atoms with Gasteiger partial charge in [-0.05, 0) is 30.7 Å². The van der Waals surface area contributed by atoms with Crippen molar-refractivity contribution in [2.75, 3.05) is 10.6 Å². The Kier molecular flexibility index (Phi) is 4.00. The van der Waals surface area contributed by atoms with E-state index < -0.39 is 11.8 Å². The largest absolute Gasteiger partial charge is 0.506 e. The van der Waals surface area contributed by atoms with Gasteiger partial charge in [0.1, 0.15) is 5.75 Å². The van der Waals surface area contributed by atoms with Gasteiger partial charge < -0.3 is 15.7 Å². The van der Waals surface area contributed by atoms with Crippen molar-refractivity contribution in [1.82, 2.24) is 0 Å². The molecule has 5 heteroatoms. The Morgan fingerprint density at radius 1 is 0.850 bits per heavy atom. The zero-order chi connectivity index (χ0) is 14.5. The lowest BCUT2D eigenvalue weighted by Gasteiger charge is -2.09. The molecule has 2 amide bonds. The van der Waals surface area contributed by atoms with Crippen molar-refractivity contribution in [3.05, 3.63) is 54.1 Å². The summed E-state index contributed by atoms with van der Waals surface area (Å²) in [5.41, 5.74) is 1.62. The molecular weight excluding hydrogens is 256 g/mol. The van der Waals surface area contributed by atoms with E-state index in [1.807, 2.05) is 19.1 Å². The summed E-state index contributed by atoms with van der Waals surface area (Å²) in [4.78, 5) is 23.5. The molecule has 0 aromatic heterocycles. The summed E-state index contributed by atoms with van der Waals surface area (Å²) in [6.07, 6.45) is 0. The van der Waals surface area contributed by atoms with Gasteiger partial charge >= 0.3 is 11.8 Å². The van der Waals surface area contributed by atoms with Crippen molar-refractivity contribution in [1.29, 1.82) is 0 Å². The lowest BCUT2D eigenvalue weighted by molar-refractivity contribution is -0.133. The summed E-state index contributed by atoms with van der Waals surface area (Å²) in [5, 5.41) is 14.4. The molecule has 0 saturated carbocycles. The van der Waals surface area contributed by atoms with E-state index in [0.29, 0.717) is 5.69 Å². The number of aryl methyl sites for hydroxylation is 1. The van der Waals surface area contributed by atoms with Gasteiger partial charge in [0.05, 0.1) is 5.69 Å². The Morgan fingerprint density at radius 3 is 1.95 bits per heavy atom. The second kappa shape index (κ2) is 5.88. The van der Waals surface area contributed by atoms with Gasteiger partial charge in [-0.15, -0.1) is 0 Å². The van der Waals surface area contributed by atoms with Crippen LogP contribution in [0.15, 0.2) is 48.5 Å². The Balaban J connectivity index is 2.05. The number of nitrogens with one attached hydrogen (secondary N) is 2. The fraction of sp³-hybridized carbons (Fsp3) is 0.0667. The summed E-state index contributed by atoms with van der Waals surface area (Å²) >= 11 is 0. The second-order valence-electron chi connectivity index (χ2n) is 4.24. The van der Waals surface area contributed by atoms with E-state index >= 15 is 0 Å². The number of amides is 2. The number of carbonyl (C=O) groups excluding carboxylic acids is 2. The highest BCUT2D eigenvalue weighted by atomic mass is 16.3. The first-order valence-electron chi connectivity index (χ1n) is 6.04. The molecule has 2 aromatic rings. The smallest absolute Gasteiger partial charge is 0.314 e. The molecule has 0 saturated heterocycles. The minimum Gasteiger partial charge on any atom is -0.506 e. The van der Waals surface area contributed by atoms with E-state index in [4.69, 9.17) is 0 Å². The fourth-order valence-corrected chi connectivity index (χ4v) is 1.65. The Hall–Kier alpha value is -2.82. The number of rotatable bonds is 2. The van der Waals surface area contributed by atoms with Gasteiger partial charge in [0, 0.05) is 5.69 Å². The number of hydrogen-bond acceptors (Lipinski definition) is 3. The molecule has 0 heterocycles. The molecule has 2 aromatic carbocycles. The zero-order valence-corrected chi connectivity index (χ0v) is 10.9. The first-order chi connectivity index (χ1) is 9.58. The van der Waals surface area contributed by atoms with Crippen molar-refractivity contribution in [3.8, 4) is 5.75 Å². The maximum Gasteiger partial charge on any atom is 0.314 e. The summed E-state index contributed by atoms with van der Waals surface area (Å²) < 4.78 is 0. The van der Waals surface area contributed by atoms with E-state index in [0.717, 1.165) is 5.56 Å². The third-order valence-electron chi connectivity index (χ3n) is 2.75. The standard InChI is InChI=1S/C15H14N2O3/c1-10-6-2-3-7-11(10)16-14(19)15(20)17-12-8-4-5-9-13(12)18/h2-9,18H,1H3,(H,16,19)(H,17,20). The highest BCUT2D eigenvalue weighted by Gasteiger charge is 2.15. The van der Waals surface area contributed by atoms with Gasteiger partial charge in [-0.1, -0.05) is 30.3 Å². The van der Waals surface area contributed by atoms with Gasteiger partial charge in [-0.25, -0.2) is 0 Å². The predicted octanol–water partition coefficient (Wildman–Crippen LogP) is 2.28. The third-order valence-corrected chi connectivity index (χ3v) is 2.75. The van der Waals surface area contributed by atoms with Gasteiger partial charge in [-0.2, -0.15) is 0 Å². The Bertz CT molecular complexity index is 596. The van der Waals surface area contributed by atoms with Gasteiger partial charge in [-0.3, -0.25) is 9.59 Å². The third kappa shape index (κ3) is 3.14. The second-order valence-corrected chi connectivity index (χ2v) is 4.24. The van der Waals surface area contributed by atoms with Gasteiger partial charge in [0.25, 0.3) is 0 Å². The number of phenolic OH excluding ortho intramolecular Hbond substituents is 1. The number of aromatic hydroxyl groups is 1. The van der Waals surface area contributed by atoms with Crippen LogP contribution in [0.3, 0.4) is 0 Å². The molecule has 0 aliphatic rings. The minimum atomic E-state index is -0.838. The molecule has 0 aliphatic carbocycles. The van der Waals surface area contributed by atoms with Crippen molar-refractivity contribution < 1.29 is 14.7 Å². The van der Waals surface area contributed by atoms with Crippen LogP contribution in [0.1, 0.15) is 5.56 Å². The lowest BCUT2D eigenvalue weighted by Crippen LogP contribution is -2.29. The average Bonchev–Trinajstić information content (AvgIpc) is 2.43. The fourth-order valence-electron chi connectivity index (χ4n) is 1.65. The van der Waals surface area contributed by atoms with Crippen LogP contribution in [-0.2, 0) is 9.59 Å². The number of para-hydroxylation sites is 3. The topological polar surface area (TPSA) is 78.4 Å². The molecule has 2 rings (SSSR count). The van der Waals surface area contributed by atoms with E-state index in [9.17, 15) is 14.7 Å². The highest BCUT2D eigenvalue weighted by Crippen LogP contribution is 2.21. The number of hydrogen-bond donors (Lipinski definition) is 3. The maximum atomic E-state index is 11.8. The van der Waals surface area contributed by atoms with Crippen molar-refractivity contribution in [3.63, 3.8) is 0 Å². The molecule has 0 fully saturated rings. The molecule has 0 spiro atoms. The first-order valence-corrected chi connectivity index (χ1v) is 6.04. The van der Waals surface area contributed by atoms with Gasteiger partial charge in [0.15, 0.2) is 0 Å². The van der Waals surface area contributed by atoms with Crippen LogP contribution in [0.4, 0.5) is 11.4 Å². The van der Waals surface area contributed by atoms with Gasteiger partial charge in [0.2, 0.25) is 0 Å². The average molecular weight is 270 g/mol. The first kappa shape index (κ1) is 13.6. The highest BCUT2D eigenvalue weighted by molar-refractivity contribution is 6.43. The monoisotopic (exact) mass is 270 g/mol. The van der Waals surface area contributed by atoms with E-state index in [1.165, 1.54) is 12.1 Å². The molecule has 0 unspecified atom stereocenters. The molecular formula is C15H14N2O3. The molecule has 0 aliphatic heterocycles. The predicted molar refractivity (Wildman–Crippen MR) is 76.5 cm³/mol. The van der Waals surface area contributed by atoms with E-state index in [2.05, 4.69) is 10.6 Å². The Morgan fingerprint density at radius 2 is 1.35 bits per heavy atom. The number of carbonyl (C=O) groups is 2. The van der Waals surface area contributed by atoms with Crippen LogP contribution in [0.5, 0.6) is 5.75 Å². The summed E-state index contributed by atoms with van der Waals surface area (Å²) in [7, 11) is 0. The molecule has 20 heavy (non-hydrogen) atoms. The van der Waals surface area contributed by atoms with Crippen LogP contribution >= 0.6 is 0 Å². The van der Waals surface area contributed by atoms with E-state index in [-0.39, 0.29) is 11.4 Å². The SMILES string of the molecule is Cc1ccccc1NC(=O)C(=O)Nc1ccccc1O. The maximum absolute atomic E-state index is 11.8. The number of benzene rings is 2. The molecule has 5 nitrogen and oxygen atoms in total. The molecule has 102 valence electrons. The molecule has 0 atom stereocenters. The van der Waals surface area contributed by atoms with E-state index in [1.54, 1.807) is 24.3 Å². The summed E-state index contributed by atoms with van der Waals surface area (Å²) in [6.45, 7) is 1.83.